The molecular weight excluding hydrogens is 422 g/mol. The number of carbonyl (C=O) groups is 1. The van der Waals surface area contributed by atoms with E-state index in [2.05, 4.69) is 27.4 Å². The molecule has 0 spiro atoms. The van der Waals surface area contributed by atoms with Gasteiger partial charge in [0.25, 0.3) is 5.56 Å². The van der Waals surface area contributed by atoms with Crippen LogP contribution in [0.5, 0.6) is 0 Å². The van der Waals surface area contributed by atoms with Gasteiger partial charge in [0.2, 0.25) is 5.91 Å². The summed E-state index contributed by atoms with van der Waals surface area (Å²) in [6, 6.07) is 10.2. The first kappa shape index (κ1) is 20.5. The molecule has 3 aromatic rings. The van der Waals surface area contributed by atoms with Crippen LogP contribution in [0, 0.1) is 0 Å². The van der Waals surface area contributed by atoms with Gasteiger partial charge < -0.3 is 10.3 Å². The monoisotopic (exact) mass is 445 g/mol. The van der Waals surface area contributed by atoms with Crippen molar-refractivity contribution in [3.8, 4) is 0 Å². The molecule has 0 aliphatic heterocycles. The Kier molecular flexibility index (Phi) is 6.94. The van der Waals surface area contributed by atoms with Crippen molar-refractivity contribution < 1.29 is 4.79 Å². The zero-order valence-electron chi connectivity index (χ0n) is 16.0. The summed E-state index contributed by atoms with van der Waals surface area (Å²) in [5.74, 6) is 2.39. The van der Waals surface area contributed by atoms with Crippen LogP contribution in [0.25, 0.3) is 10.2 Å². The molecule has 2 aromatic heterocycles. The third-order valence-corrected chi connectivity index (χ3v) is 7.93. The Morgan fingerprint density at radius 2 is 2.03 bits per heavy atom. The molecule has 1 aromatic carbocycles. The van der Waals surface area contributed by atoms with Crippen LogP contribution in [0.2, 0.25) is 0 Å². The van der Waals surface area contributed by atoms with Gasteiger partial charge in [0, 0.05) is 22.1 Å². The number of fused-ring (bicyclic) bond motifs is 3. The number of thioether (sulfide) groups is 2. The number of aryl methyl sites for hydroxylation is 2. The van der Waals surface area contributed by atoms with Gasteiger partial charge in [0.05, 0.1) is 16.9 Å². The third-order valence-electron chi connectivity index (χ3n) is 4.78. The van der Waals surface area contributed by atoms with Crippen molar-refractivity contribution in [2.45, 2.75) is 36.3 Å². The van der Waals surface area contributed by atoms with Gasteiger partial charge in [0.15, 0.2) is 0 Å². The molecule has 1 amide bonds. The summed E-state index contributed by atoms with van der Waals surface area (Å²) in [6.45, 7) is 0.640. The zero-order chi connectivity index (χ0) is 20.1. The second-order valence-corrected chi connectivity index (χ2v) is 10.1. The quantitative estimate of drug-likeness (QED) is 0.405. The van der Waals surface area contributed by atoms with E-state index in [0.29, 0.717) is 23.9 Å². The van der Waals surface area contributed by atoms with Crippen molar-refractivity contribution in [2.75, 3.05) is 18.1 Å². The molecule has 0 saturated carbocycles. The van der Waals surface area contributed by atoms with E-state index < -0.39 is 0 Å². The average molecular weight is 446 g/mol. The minimum Gasteiger partial charge on any atom is -0.355 e. The van der Waals surface area contributed by atoms with E-state index in [0.717, 1.165) is 35.2 Å². The van der Waals surface area contributed by atoms with Gasteiger partial charge in [-0.1, -0.05) is 18.2 Å². The van der Waals surface area contributed by atoms with Crippen LogP contribution < -0.4 is 10.9 Å². The van der Waals surface area contributed by atoms with Crippen molar-refractivity contribution in [3.63, 3.8) is 0 Å². The third kappa shape index (κ3) is 5.24. The molecule has 0 bridgehead atoms. The smallest absolute Gasteiger partial charge is 0.259 e. The zero-order valence-corrected chi connectivity index (χ0v) is 18.5. The summed E-state index contributed by atoms with van der Waals surface area (Å²) in [7, 11) is 0. The van der Waals surface area contributed by atoms with Crippen LogP contribution in [0.4, 0.5) is 0 Å². The first-order chi connectivity index (χ1) is 14.2. The van der Waals surface area contributed by atoms with Gasteiger partial charge >= 0.3 is 0 Å². The number of hydrogen-bond acceptors (Lipinski definition) is 6. The number of H-pyrrole nitrogens is 1. The maximum Gasteiger partial charge on any atom is 0.259 e. The molecule has 8 heteroatoms. The first-order valence-electron chi connectivity index (χ1n) is 9.76. The summed E-state index contributed by atoms with van der Waals surface area (Å²) in [6.07, 6.45) is 4.38. The van der Waals surface area contributed by atoms with Crippen LogP contribution in [-0.2, 0) is 23.4 Å². The molecule has 29 heavy (non-hydrogen) atoms. The highest BCUT2D eigenvalue weighted by atomic mass is 32.2. The molecule has 1 aliphatic rings. The molecule has 152 valence electrons. The molecule has 5 nitrogen and oxygen atoms in total. The average Bonchev–Trinajstić information content (AvgIpc) is 3.11. The fourth-order valence-electron chi connectivity index (χ4n) is 3.44. The number of thiophene rings is 1. The number of benzene rings is 1. The molecule has 0 fully saturated rings. The summed E-state index contributed by atoms with van der Waals surface area (Å²) >= 11 is 4.86. The van der Waals surface area contributed by atoms with Gasteiger partial charge in [-0.3, -0.25) is 9.59 Å². The fourth-order valence-corrected chi connectivity index (χ4v) is 6.23. The van der Waals surface area contributed by atoms with Crippen LogP contribution in [0.15, 0.2) is 40.0 Å². The number of nitrogens with one attached hydrogen (secondary N) is 2. The predicted molar refractivity (Wildman–Crippen MR) is 123 cm³/mol. The number of rotatable bonds is 8. The van der Waals surface area contributed by atoms with Crippen molar-refractivity contribution in [1.82, 2.24) is 15.3 Å². The molecular formula is C21H23N3O2S3. The van der Waals surface area contributed by atoms with Crippen LogP contribution in [0.3, 0.4) is 0 Å². The van der Waals surface area contributed by atoms with Gasteiger partial charge in [0.1, 0.15) is 10.7 Å². The Bertz CT molecular complexity index is 1050. The van der Waals surface area contributed by atoms with E-state index in [1.54, 1.807) is 23.1 Å². The van der Waals surface area contributed by atoms with Crippen molar-refractivity contribution in [1.29, 1.82) is 0 Å². The number of carbonyl (C=O) groups excluding carboxylic acids is 1. The van der Waals surface area contributed by atoms with E-state index in [1.165, 1.54) is 33.5 Å². The minimum atomic E-state index is -0.0348. The predicted octanol–water partition coefficient (Wildman–Crippen LogP) is 4.01. The Balaban J connectivity index is 1.24. The highest BCUT2D eigenvalue weighted by molar-refractivity contribution is 7.99. The summed E-state index contributed by atoms with van der Waals surface area (Å²) < 4.78 is 0. The molecule has 2 heterocycles. The number of nitrogens with zero attached hydrogens (tertiary/aromatic N) is 1. The Hall–Kier alpha value is -1.77. The molecule has 2 N–H and O–H groups in total. The normalized spacial score (nSPS) is 13.4. The van der Waals surface area contributed by atoms with Crippen molar-refractivity contribution in [3.05, 3.63) is 57.0 Å². The lowest BCUT2D eigenvalue weighted by atomic mass is 9.97. The number of aromatic nitrogens is 2. The summed E-state index contributed by atoms with van der Waals surface area (Å²) in [5, 5.41) is 3.73. The Labute approximate surface area is 182 Å². The highest BCUT2D eigenvalue weighted by Gasteiger charge is 2.19. The summed E-state index contributed by atoms with van der Waals surface area (Å²) in [5.41, 5.74) is 1.17. The molecule has 0 unspecified atom stereocenters. The van der Waals surface area contributed by atoms with Gasteiger partial charge in [-0.25, -0.2) is 4.98 Å². The van der Waals surface area contributed by atoms with E-state index in [1.807, 2.05) is 18.2 Å². The van der Waals surface area contributed by atoms with E-state index in [-0.39, 0.29) is 11.5 Å². The maximum absolute atomic E-state index is 12.5. The lowest BCUT2D eigenvalue weighted by Crippen LogP contribution is -2.27. The van der Waals surface area contributed by atoms with Gasteiger partial charge in [-0.15, -0.1) is 34.9 Å². The molecule has 1 aliphatic carbocycles. The van der Waals surface area contributed by atoms with Gasteiger partial charge in [-0.2, -0.15) is 0 Å². The standard InChI is InChI=1S/C21H23N3O2S3/c25-18(22-10-11-28-14-6-2-1-3-7-14)13-27-12-17-23-20(26)19-15-8-4-5-9-16(15)29-21(19)24-17/h1-3,6-7H,4-5,8-13H2,(H,22,25)(H,23,24,26). The topological polar surface area (TPSA) is 74.8 Å². The number of aromatic amines is 1. The lowest BCUT2D eigenvalue weighted by Gasteiger charge is -2.09. The molecule has 0 radical (unpaired) electrons. The molecule has 0 saturated heterocycles. The van der Waals surface area contributed by atoms with Crippen molar-refractivity contribution >= 4 is 51.0 Å². The minimum absolute atomic E-state index is 0.0127. The maximum atomic E-state index is 12.5. The van der Waals surface area contributed by atoms with Crippen molar-refractivity contribution in [2.24, 2.45) is 0 Å². The van der Waals surface area contributed by atoms with E-state index in [4.69, 9.17) is 0 Å². The Morgan fingerprint density at radius 3 is 2.90 bits per heavy atom. The van der Waals surface area contributed by atoms with E-state index in [9.17, 15) is 9.59 Å². The lowest BCUT2D eigenvalue weighted by molar-refractivity contribution is -0.118. The highest BCUT2D eigenvalue weighted by Crippen LogP contribution is 2.33. The van der Waals surface area contributed by atoms with Crippen LogP contribution >= 0.6 is 34.9 Å². The SMILES string of the molecule is O=C(CSCc1nc2sc3c(c2c(=O)[nH]1)CCCC3)NCCSc1ccccc1. The second kappa shape index (κ2) is 9.82. The first-order valence-corrected chi connectivity index (χ1v) is 12.7. The fraction of sp³-hybridized carbons (Fsp3) is 0.381. The van der Waals surface area contributed by atoms with Crippen LogP contribution in [-0.4, -0.2) is 33.9 Å². The number of hydrogen-bond donors (Lipinski definition) is 2. The van der Waals surface area contributed by atoms with E-state index >= 15 is 0 Å². The molecule has 0 atom stereocenters. The van der Waals surface area contributed by atoms with Gasteiger partial charge in [-0.05, 0) is 43.4 Å². The Morgan fingerprint density at radius 1 is 1.21 bits per heavy atom. The van der Waals surface area contributed by atoms with Crippen LogP contribution in [0.1, 0.15) is 29.1 Å². The largest absolute Gasteiger partial charge is 0.355 e. The number of amides is 1. The second-order valence-electron chi connectivity index (χ2n) is 6.91. The molecule has 4 rings (SSSR count). The summed E-state index contributed by atoms with van der Waals surface area (Å²) in [4.78, 5) is 35.5.